The van der Waals surface area contributed by atoms with Gasteiger partial charge in [0.25, 0.3) is 0 Å². The molecule has 1 unspecified atom stereocenters. The molecule has 6 heteroatoms. The largest absolute Gasteiger partial charge is 0.462 e. The van der Waals surface area contributed by atoms with Crippen LogP contribution < -0.4 is 0 Å². The second-order valence-corrected chi connectivity index (χ2v) is 20.6. The van der Waals surface area contributed by atoms with Gasteiger partial charge in [-0.15, -0.1) is 0 Å². The summed E-state index contributed by atoms with van der Waals surface area (Å²) in [6.45, 7) is 6.62. The van der Waals surface area contributed by atoms with E-state index in [1.54, 1.807) is 0 Å². The van der Waals surface area contributed by atoms with E-state index in [0.717, 1.165) is 70.6 Å². The summed E-state index contributed by atoms with van der Waals surface area (Å²) in [7, 11) is 0. The maximum atomic E-state index is 12.7. The minimum Gasteiger partial charge on any atom is -0.462 e. The van der Waals surface area contributed by atoms with Gasteiger partial charge >= 0.3 is 17.9 Å². The van der Waals surface area contributed by atoms with Gasteiger partial charge in [0.1, 0.15) is 13.2 Å². The van der Waals surface area contributed by atoms with Crippen LogP contribution in [0.15, 0.2) is 36.5 Å². The van der Waals surface area contributed by atoms with Crippen LogP contribution >= 0.6 is 0 Å². The van der Waals surface area contributed by atoms with Crippen LogP contribution in [0, 0.1) is 0 Å². The van der Waals surface area contributed by atoms with Gasteiger partial charge in [-0.05, 0) is 57.8 Å². The van der Waals surface area contributed by atoms with Gasteiger partial charge in [-0.25, -0.2) is 0 Å². The molecule has 0 fully saturated rings. The van der Waals surface area contributed by atoms with Crippen LogP contribution in [-0.2, 0) is 28.6 Å². The van der Waals surface area contributed by atoms with Gasteiger partial charge in [0.2, 0.25) is 0 Å². The number of unbranched alkanes of at least 4 members (excludes halogenated alkanes) is 39. The predicted octanol–water partition coefficient (Wildman–Crippen LogP) is 20.4. The lowest BCUT2D eigenvalue weighted by Crippen LogP contribution is -2.30. The molecule has 0 saturated heterocycles. The smallest absolute Gasteiger partial charge is 0.306 e. The molecule has 0 aliphatic rings. The van der Waals surface area contributed by atoms with E-state index < -0.39 is 6.10 Å². The van der Waals surface area contributed by atoms with Gasteiger partial charge in [0, 0.05) is 19.3 Å². The fraction of sp³-hybridized carbons (Fsp3) is 0.857. The van der Waals surface area contributed by atoms with Crippen molar-refractivity contribution in [2.75, 3.05) is 13.2 Å². The molecule has 1 atom stereocenters. The third-order valence-electron chi connectivity index (χ3n) is 13.6. The summed E-state index contributed by atoms with van der Waals surface area (Å²) >= 11 is 0. The SMILES string of the molecule is CCCCCCC/C=C\C/C=C\C/C=C\CCCCCCCCCCCCCCCCCCCCC(=O)OCC(COC(=O)CCCCCCCCCCC)OC(=O)CCCCCCCCCCC. The molecule has 0 rings (SSSR count). The van der Waals surface area contributed by atoms with Crippen LogP contribution in [0.2, 0.25) is 0 Å². The van der Waals surface area contributed by atoms with Crippen molar-refractivity contribution in [1.82, 2.24) is 0 Å². The first-order valence-electron chi connectivity index (χ1n) is 30.5. The minimum atomic E-state index is -0.763. The average Bonchev–Trinajstić information content (AvgIpc) is 3.35. The lowest BCUT2D eigenvalue weighted by Gasteiger charge is -2.18. The minimum absolute atomic E-state index is 0.0663. The number of ether oxygens (including phenoxy) is 3. The van der Waals surface area contributed by atoms with Crippen molar-refractivity contribution in [3.8, 4) is 0 Å². The van der Waals surface area contributed by atoms with Gasteiger partial charge in [0.05, 0.1) is 0 Å². The first-order chi connectivity index (χ1) is 34.0. The highest BCUT2D eigenvalue weighted by atomic mass is 16.6. The zero-order chi connectivity index (χ0) is 50.0. The topological polar surface area (TPSA) is 78.9 Å². The molecular formula is C63H116O6. The van der Waals surface area contributed by atoms with Crippen molar-refractivity contribution in [1.29, 1.82) is 0 Å². The highest BCUT2D eigenvalue weighted by molar-refractivity contribution is 5.71. The van der Waals surface area contributed by atoms with E-state index in [1.807, 2.05) is 0 Å². The van der Waals surface area contributed by atoms with E-state index in [2.05, 4.69) is 57.2 Å². The van der Waals surface area contributed by atoms with E-state index in [0.29, 0.717) is 19.3 Å². The number of carbonyl (C=O) groups is 3. The van der Waals surface area contributed by atoms with Crippen molar-refractivity contribution >= 4 is 17.9 Å². The van der Waals surface area contributed by atoms with E-state index in [4.69, 9.17) is 14.2 Å². The number of allylic oxidation sites excluding steroid dienone is 6. The van der Waals surface area contributed by atoms with Crippen LogP contribution in [0.4, 0.5) is 0 Å². The average molecular weight is 970 g/mol. The number of esters is 3. The Morgan fingerprint density at radius 3 is 0.812 bits per heavy atom. The molecule has 0 aromatic carbocycles. The van der Waals surface area contributed by atoms with E-state index in [-0.39, 0.29) is 31.1 Å². The molecule has 6 nitrogen and oxygen atoms in total. The van der Waals surface area contributed by atoms with Gasteiger partial charge < -0.3 is 14.2 Å². The normalized spacial score (nSPS) is 12.2. The number of hydrogen-bond donors (Lipinski definition) is 0. The Balaban J connectivity index is 3.92. The highest BCUT2D eigenvalue weighted by Crippen LogP contribution is 2.17. The second-order valence-electron chi connectivity index (χ2n) is 20.6. The molecule has 0 saturated carbocycles. The van der Waals surface area contributed by atoms with Crippen molar-refractivity contribution in [3.63, 3.8) is 0 Å². The van der Waals surface area contributed by atoms with Crippen LogP contribution in [0.25, 0.3) is 0 Å². The Bertz CT molecular complexity index is 1160. The van der Waals surface area contributed by atoms with Crippen LogP contribution in [0.3, 0.4) is 0 Å². The monoisotopic (exact) mass is 969 g/mol. The quantitative estimate of drug-likeness (QED) is 0.0261. The molecule has 69 heavy (non-hydrogen) atoms. The second kappa shape index (κ2) is 58.2. The standard InChI is InChI=1S/C63H116O6/c1-4-7-10-13-16-19-20-21-22-23-24-25-26-27-28-29-30-31-32-33-34-35-36-37-38-39-40-41-42-45-47-50-53-56-62(65)68-59-60(69-63(66)57-54-51-48-44-18-15-12-9-6-3)58-67-61(64)55-52-49-46-43-17-14-11-8-5-2/h20-21,23-24,26-27,60H,4-19,22,25,28-59H2,1-3H3/b21-20-,24-23-,27-26-. The summed E-state index contributed by atoms with van der Waals surface area (Å²) in [6.07, 6.45) is 70.4. The molecule has 0 bridgehead atoms. The first kappa shape index (κ1) is 66.6. The molecule has 0 aromatic rings. The highest BCUT2D eigenvalue weighted by Gasteiger charge is 2.19. The van der Waals surface area contributed by atoms with E-state index in [1.165, 1.54) is 218 Å². The Labute approximate surface area is 429 Å². The fourth-order valence-corrected chi connectivity index (χ4v) is 9.04. The van der Waals surface area contributed by atoms with Crippen molar-refractivity contribution in [2.24, 2.45) is 0 Å². The number of hydrogen-bond acceptors (Lipinski definition) is 6. The molecule has 0 aliphatic heterocycles. The van der Waals surface area contributed by atoms with Crippen molar-refractivity contribution in [3.05, 3.63) is 36.5 Å². The Morgan fingerprint density at radius 1 is 0.290 bits per heavy atom. The Morgan fingerprint density at radius 2 is 0.522 bits per heavy atom. The van der Waals surface area contributed by atoms with E-state index in [9.17, 15) is 14.4 Å². The third kappa shape index (κ3) is 56.4. The molecule has 0 amide bonds. The lowest BCUT2D eigenvalue weighted by atomic mass is 10.0. The van der Waals surface area contributed by atoms with Gasteiger partial charge in [-0.1, -0.05) is 288 Å². The fourth-order valence-electron chi connectivity index (χ4n) is 9.04. The third-order valence-corrected chi connectivity index (χ3v) is 13.6. The van der Waals surface area contributed by atoms with Gasteiger partial charge in [-0.3, -0.25) is 14.4 Å². The number of carbonyl (C=O) groups excluding carboxylic acids is 3. The molecular weight excluding hydrogens is 853 g/mol. The molecule has 0 N–H and O–H groups in total. The van der Waals surface area contributed by atoms with Gasteiger partial charge in [-0.2, -0.15) is 0 Å². The molecule has 404 valence electrons. The van der Waals surface area contributed by atoms with Crippen LogP contribution in [-0.4, -0.2) is 37.2 Å². The van der Waals surface area contributed by atoms with Crippen LogP contribution in [0.1, 0.15) is 329 Å². The predicted molar refractivity (Wildman–Crippen MR) is 298 cm³/mol. The maximum Gasteiger partial charge on any atom is 0.306 e. The molecule has 0 aromatic heterocycles. The Kier molecular flexibility index (Phi) is 56.2. The number of rotatable bonds is 56. The zero-order valence-corrected chi connectivity index (χ0v) is 46.3. The summed E-state index contributed by atoms with van der Waals surface area (Å²) in [6, 6.07) is 0. The summed E-state index contributed by atoms with van der Waals surface area (Å²) in [5, 5.41) is 0. The summed E-state index contributed by atoms with van der Waals surface area (Å²) in [4.78, 5) is 37.9. The molecule has 0 spiro atoms. The van der Waals surface area contributed by atoms with Crippen molar-refractivity contribution < 1.29 is 28.6 Å². The Hall–Kier alpha value is -2.37. The summed E-state index contributed by atoms with van der Waals surface area (Å²) < 4.78 is 16.8. The first-order valence-corrected chi connectivity index (χ1v) is 30.5. The molecule has 0 aliphatic carbocycles. The van der Waals surface area contributed by atoms with Crippen LogP contribution in [0.5, 0.6) is 0 Å². The van der Waals surface area contributed by atoms with E-state index >= 15 is 0 Å². The van der Waals surface area contributed by atoms with Gasteiger partial charge in [0.15, 0.2) is 6.10 Å². The zero-order valence-electron chi connectivity index (χ0n) is 46.3. The van der Waals surface area contributed by atoms with Crippen molar-refractivity contribution in [2.45, 2.75) is 335 Å². The summed E-state index contributed by atoms with van der Waals surface area (Å²) in [5.74, 6) is -0.856. The molecule has 0 heterocycles. The summed E-state index contributed by atoms with van der Waals surface area (Å²) in [5.41, 5.74) is 0. The lowest BCUT2D eigenvalue weighted by molar-refractivity contribution is -0.167. The molecule has 0 radical (unpaired) electrons. The maximum absolute atomic E-state index is 12.7.